The van der Waals surface area contributed by atoms with Crippen molar-refractivity contribution in [3.8, 4) is 0 Å². The van der Waals surface area contributed by atoms with Gasteiger partial charge in [-0.15, -0.1) is 21.5 Å². The summed E-state index contributed by atoms with van der Waals surface area (Å²) in [4.78, 5) is 1.44. The summed E-state index contributed by atoms with van der Waals surface area (Å²) in [5.74, 6) is 2.30. The third-order valence-corrected chi connectivity index (χ3v) is 4.98. The van der Waals surface area contributed by atoms with Gasteiger partial charge in [-0.2, -0.15) is 0 Å². The first-order valence-corrected chi connectivity index (χ1v) is 7.82. The molecule has 3 rings (SSSR count). The molecule has 0 radical (unpaired) electrons. The number of thiophene rings is 1. The predicted octanol–water partition coefficient (Wildman–Crippen LogP) is 2.49. The van der Waals surface area contributed by atoms with E-state index >= 15 is 0 Å². The summed E-state index contributed by atoms with van der Waals surface area (Å²) in [6.07, 6.45) is 3.27. The zero-order chi connectivity index (χ0) is 13.2. The van der Waals surface area contributed by atoms with E-state index in [2.05, 4.69) is 45.4 Å². The van der Waals surface area contributed by atoms with Crippen LogP contribution in [-0.4, -0.2) is 21.3 Å². The standard InChI is InChI=1S/C14H20N4S/c1-10-6-9-19-14(10)11(2)15-7-5-13-17-16-12-4-3-8-18(12)13/h6,9,11,15H,3-5,7-8H2,1-2H3/t11-/m0/s1. The third kappa shape index (κ3) is 2.58. The molecule has 0 saturated carbocycles. The number of hydrogen-bond acceptors (Lipinski definition) is 4. The highest BCUT2D eigenvalue weighted by Gasteiger charge is 2.17. The molecule has 1 aliphatic rings. The van der Waals surface area contributed by atoms with E-state index in [0.717, 1.165) is 37.6 Å². The summed E-state index contributed by atoms with van der Waals surface area (Å²) in [7, 11) is 0. The molecule has 0 fully saturated rings. The average molecular weight is 276 g/mol. The van der Waals surface area contributed by atoms with Gasteiger partial charge in [0.05, 0.1) is 0 Å². The van der Waals surface area contributed by atoms with Crippen LogP contribution in [0.1, 0.15) is 41.5 Å². The molecule has 0 aromatic carbocycles. The Kier molecular flexibility index (Phi) is 3.66. The Hall–Kier alpha value is -1.20. The molecule has 3 heterocycles. The average Bonchev–Trinajstić information content (AvgIpc) is 3.06. The minimum atomic E-state index is 0.418. The molecule has 2 aromatic rings. The highest BCUT2D eigenvalue weighted by molar-refractivity contribution is 7.10. The second-order valence-electron chi connectivity index (χ2n) is 5.18. The summed E-state index contributed by atoms with van der Waals surface area (Å²) in [6.45, 7) is 6.45. The molecule has 0 amide bonds. The van der Waals surface area contributed by atoms with Gasteiger partial charge in [-0.1, -0.05) is 0 Å². The lowest BCUT2D eigenvalue weighted by atomic mass is 10.2. The van der Waals surface area contributed by atoms with E-state index in [1.54, 1.807) is 0 Å². The second-order valence-corrected chi connectivity index (χ2v) is 6.13. The van der Waals surface area contributed by atoms with Gasteiger partial charge in [-0.3, -0.25) is 0 Å². The lowest BCUT2D eigenvalue weighted by Crippen LogP contribution is -2.22. The number of nitrogens with one attached hydrogen (secondary N) is 1. The van der Waals surface area contributed by atoms with Crippen LogP contribution in [0.25, 0.3) is 0 Å². The maximum Gasteiger partial charge on any atom is 0.134 e. The molecule has 0 unspecified atom stereocenters. The highest BCUT2D eigenvalue weighted by Crippen LogP contribution is 2.23. The Labute approximate surface area is 117 Å². The van der Waals surface area contributed by atoms with E-state index in [9.17, 15) is 0 Å². The molecular formula is C14H20N4S. The molecule has 1 aliphatic heterocycles. The Morgan fingerprint density at radius 1 is 1.47 bits per heavy atom. The molecule has 1 N–H and O–H groups in total. The number of hydrogen-bond donors (Lipinski definition) is 1. The van der Waals surface area contributed by atoms with Gasteiger partial charge in [0.1, 0.15) is 11.6 Å². The Bertz CT molecular complexity index is 558. The number of aromatic nitrogens is 3. The molecule has 4 nitrogen and oxygen atoms in total. The summed E-state index contributed by atoms with van der Waals surface area (Å²) < 4.78 is 2.28. The van der Waals surface area contributed by atoms with Crippen molar-refractivity contribution in [2.45, 2.75) is 45.7 Å². The minimum Gasteiger partial charge on any atom is -0.315 e. The zero-order valence-corrected chi connectivity index (χ0v) is 12.3. The number of nitrogens with zero attached hydrogens (tertiary/aromatic N) is 3. The first-order chi connectivity index (χ1) is 9.25. The van der Waals surface area contributed by atoms with Gasteiger partial charge >= 0.3 is 0 Å². The van der Waals surface area contributed by atoms with E-state index in [1.165, 1.54) is 16.9 Å². The van der Waals surface area contributed by atoms with Crippen LogP contribution in [0.2, 0.25) is 0 Å². The molecule has 0 bridgehead atoms. The van der Waals surface area contributed by atoms with E-state index in [1.807, 2.05) is 11.3 Å². The van der Waals surface area contributed by atoms with Gasteiger partial charge in [-0.25, -0.2) is 0 Å². The normalized spacial score (nSPS) is 15.7. The number of fused-ring (bicyclic) bond motifs is 1. The van der Waals surface area contributed by atoms with Crippen molar-refractivity contribution in [1.82, 2.24) is 20.1 Å². The third-order valence-electron chi connectivity index (χ3n) is 3.78. The fourth-order valence-corrected chi connectivity index (χ4v) is 3.68. The molecule has 19 heavy (non-hydrogen) atoms. The zero-order valence-electron chi connectivity index (χ0n) is 11.5. The minimum absolute atomic E-state index is 0.418. The number of aryl methyl sites for hydroxylation is 2. The molecule has 1 atom stereocenters. The molecule has 0 spiro atoms. The van der Waals surface area contributed by atoms with Crippen molar-refractivity contribution in [2.24, 2.45) is 0 Å². The summed E-state index contributed by atoms with van der Waals surface area (Å²) in [5, 5.41) is 14.3. The van der Waals surface area contributed by atoms with Gasteiger partial charge in [0.25, 0.3) is 0 Å². The Morgan fingerprint density at radius 2 is 2.37 bits per heavy atom. The maximum atomic E-state index is 4.29. The van der Waals surface area contributed by atoms with Crippen molar-refractivity contribution in [3.05, 3.63) is 33.5 Å². The largest absolute Gasteiger partial charge is 0.315 e. The van der Waals surface area contributed by atoms with Crippen LogP contribution in [0, 0.1) is 6.92 Å². The molecule has 5 heteroatoms. The van der Waals surface area contributed by atoms with Crippen LogP contribution in [0.4, 0.5) is 0 Å². The summed E-state index contributed by atoms with van der Waals surface area (Å²) in [5.41, 5.74) is 1.38. The van der Waals surface area contributed by atoms with Gasteiger partial charge in [0.2, 0.25) is 0 Å². The fraction of sp³-hybridized carbons (Fsp3) is 0.571. The Balaban J connectivity index is 1.54. The van der Waals surface area contributed by atoms with Gasteiger partial charge < -0.3 is 9.88 Å². The quantitative estimate of drug-likeness (QED) is 0.912. The smallest absolute Gasteiger partial charge is 0.134 e. The van der Waals surface area contributed by atoms with Crippen LogP contribution in [0.3, 0.4) is 0 Å². The molecule has 0 saturated heterocycles. The SMILES string of the molecule is Cc1ccsc1[C@H](C)NCCc1nnc2n1CCC2. The second kappa shape index (κ2) is 5.43. The van der Waals surface area contributed by atoms with Crippen LogP contribution in [0.5, 0.6) is 0 Å². The lowest BCUT2D eigenvalue weighted by Gasteiger charge is -2.13. The topological polar surface area (TPSA) is 42.7 Å². The van der Waals surface area contributed by atoms with Crippen LogP contribution < -0.4 is 5.32 Å². The van der Waals surface area contributed by atoms with E-state index in [0.29, 0.717) is 6.04 Å². The maximum absolute atomic E-state index is 4.29. The van der Waals surface area contributed by atoms with Gasteiger partial charge in [0.15, 0.2) is 0 Å². The van der Waals surface area contributed by atoms with Gasteiger partial charge in [0, 0.05) is 36.9 Å². The fourth-order valence-electron chi connectivity index (χ4n) is 2.72. The molecular weight excluding hydrogens is 256 g/mol. The van der Waals surface area contributed by atoms with Crippen molar-refractivity contribution >= 4 is 11.3 Å². The lowest BCUT2D eigenvalue weighted by molar-refractivity contribution is 0.563. The Morgan fingerprint density at radius 3 is 3.16 bits per heavy atom. The van der Waals surface area contributed by atoms with Crippen molar-refractivity contribution in [3.63, 3.8) is 0 Å². The first kappa shape index (κ1) is 12.8. The van der Waals surface area contributed by atoms with E-state index in [-0.39, 0.29) is 0 Å². The number of rotatable bonds is 5. The highest BCUT2D eigenvalue weighted by atomic mass is 32.1. The molecule has 102 valence electrons. The summed E-state index contributed by atoms with van der Waals surface area (Å²) in [6, 6.07) is 2.60. The van der Waals surface area contributed by atoms with Crippen LogP contribution in [0.15, 0.2) is 11.4 Å². The van der Waals surface area contributed by atoms with E-state index in [4.69, 9.17) is 0 Å². The first-order valence-electron chi connectivity index (χ1n) is 6.94. The van der Waals surface area contributed by atoms with Crippen molar-refractivity contribution in [1.29, 1.82) is 0 Å². The van der Waals surface area contributed by atoms with Crippen LogP contribution in [-0.2, 0) is 19.4 Å². The predicted molar refractivity (Wildman–Crippen MR) is 77.5 cm³/mol. The van der Waals surface area contributed by atoms with E-state index < -0.39 is 0 Å². The monoisotopic (exact) mass is 276 g/mol. The van der Waals surface area contributed by atoms with Crippen molar-refractivity contribution in [2.75, 3.05) is 6.54 Å². The summed E-state index contributed by atoms with van der Waals surface area (Å²) >= 11 is 1.83. The molecule has 2 aromatic heterocycles. The molecule has 0 aliphatic carbocycles. The van der Waals surface area contributed by atoms with Crippen LogP contribution >= 0.6 is 11.3 Å². The van der Waals surface area contributed by atoms with Crippen molar-refractivity contribution < 1.29 is 0 Å². The van der Waals surface area contributed by atoms with Gasteiger partial charge in [-0.05, 0) is 37.3 Å².